The highest BCUT2D eigenvalue weighted by molar-refractivity contribution is 5.81. The maximum atomic E-state index is 11.8. The zero-order valence-electron chi connectivity index (χ0n) is 8.78. The number of carbonyl (C=O) groups is 1. The molecule has 0 aromatic heterocycles. The van der Waals surface area contributed by atoms with E-state index in [1.165, 1.54) is 13.1 Å². The van der Waals surface area contributed by atoms with Gasteiger partial charge in [0.15, 0.2) is 0 Å². The normalized spacial score (nSPS) is 37.6. The van der Waals surface area contributed by atoms with Crippen molar-refractivity contribution < 1.29 is 4.79 Å². The van der Waals surface area contributed by atoms with Gasteiger partial charge in [0.05, 0.1) is 0 Å². The Hall–Kier alpha value is -0.570. The third kappa shape index (κ3) is 1.34. The predicted octanol–water partition coefficient (Wildman–Crippen LogP) is 0.416. The monoisotopic (exact) mass is 194 g/mol. The summed E-state index contributed by atoms with van der Waals surface area (Å²) in [5, 5.41) is 0. The molecule has 0 unspecified atom stereocenters. The molecule has 3 nitrogen and oxygen atoms in total. The first-order valence-corrected chi connectivity index (χ1v) is 5.71. The Morgan fingerprint density at radius 1 is 1.07 bits per heavy atom. The zero-order valence-corrected chi connectivity index (χ0v) is 8.78. The van der Waals surface area contributed by atoms with Crippen LogP contribution in [0.3, 0.4) is 0 Å². The minimum atomic E-state index is 0.409. The van der Waals surface area contributed by atoms with Gasteiger partial charge < -0.3 is 9.80 Å². The van der Waals surface area contributed by atoms with Crippen LogP contribution in [0.2, 0.25) is 0 Å². The van der Waals surface area contributed by atoms with Gasteiger partial charge in [-0.2, -0.15) is 0 Å². The van der Waals surface area contributed by atoms with Crippen LogP contribution >= 0.6 is 0 Å². The van der Waals surface area contributed by atoms with Crippen molar-refractivity contribution in [3.63, 3.8) is 0 Å². The van der Waals surface area contributed by atoms with E-state index in [0.29, 0.717) is 11.8 Å². The van der Waals surface area contributed by atoms with E-state index in [-0.39, 0.29) is 0 Å². The van der Waals surface area contributed by atoms with E-state index in [2.05, 4.69) is 16.8 Å². The lowest BCUT2D eigenvalue weighted by Crippen LogP contribution is -2.33. The molecule has 0 aromatic carbocycles. The van der Waals surface area contributed by atoms with Gasteiger partial charge in [0.25, 0.3) is 0 Å². The van der Waals surface area contributed by atoms with Crippen molar-refractivity contribution in [3.05, 3.63) is 0 Å². The number of carbonyl (C=O) groups excluding carboxylic acids is 1. The molecule has 3 heteroatoms. The molecule has 0 spiro atoms. The van der Waals surface area contributed by atoms with Gasteiger partial charge in [-0.15, -0.1) is 0 Å². The Morgan fingerprint density at radius 3 is 2.14 bits per heavy atom. The predicted molar refractivity (Wildman–Crippen MR) is 53.8 cm³/mol. The van der Waals surface area contributed by atoms with Crippen LogP contribution in [0, 0.1) is 17.8 Å². The second kappa shape index (κ2) is 2.96. The van der Waals surface area contributed by atoms with Gasteiger partial charge in [0.1, 0.15) is 0 Å². The summed E-state index contributed by atoms with van der Waals surface area (Å²) in [5.74, 6) is 2.39. The van der Waals surface area contributed by atoms with Gasteiger partial charge in [0, 0.05) is 32.1 Å². The molecule has 78 valence electrons. The highest BCUT2D eigenvalue weighted by atomic mass is 16.2. The van der Waals surface area contributed by atoms with Crippen LogP contribution in [0.25, 0.3) is 0 Å². The van der Waals surface area contributed by atoms with Crippen LogP contribution in [-0.4, -0.2) is 48.9 Å². The van der Waals surface area contributed by atoms with E-state index >= 15 is 0 Å². The van der Waals surface area contributed by atoms with Crippen LogP contribution < -0.4 is 0 Å². The van der Waals surface area contributed by atoms with E-state index in [4.69, 9.17) is 0 Å². The molecule has 0 N–H and O–H groups in total. The number of rotatable bonds is 1. The Balaban J connectivity index is 1.63. The molecule has 2 heterocycles. The summed E-state index contributed by atoms with van der Waals surface area (Å²) in [6.45, 7) is 4.45. The van der Waals surface area contributed by atoms with Crippen LogP contribution in [0.15, 0.2) is 0 Å². The van der Waals surface area contributed by atoms with E-state index in [1.807, 2.05) is 0 Å². The molecule has 2 saturated heterocycles. The van der Waals surface area contributed by atoms with Gasteiger partial charge >= 0.3 is 0 Å². The minimum Gasteiger partial charge on any atom is -0.342 e. The van der Waals surface area contributed by atoms with Crippen molar-refractivity contribution in [2.24, 2.45) is 17.8 Å². The molecule has 0 radical (unpaired) electrons. The Morgan fingerprint density at radius 2 is 1.64 bits per heavy atom. The fourth-order valence-electron chi connectivity index (χ4n) is 3.00. The lowest BCUT2D eigenvalue weighted by atomic mass is 10.0. The van der Waals surface area contributed by atoms with Gasteiger partial charge in [-0.1, -0.05) is 0 Å². The van der Waals surface area contributed by atoms with Crippen molar-refractivity contribution in [1.82, 2.24) is 9.80 Å². The topological polar surface area (TPSA) is 23.6 Å². The smallest absolute Gasteiger partial charge is 0.225 e. The van der Waals surface area contributed by atoms with Gasteiger partial charge in [0.2, 0.25) is 5.91 Å². The summed E-state index contributed by atoms with van der Waals surface area (Å²) >= 11 is 0. The minimum absolute atomic E-state index is 0.409. The molecule has 3 rings (SSSR count). The van der Waals surface area contributed by atoms with E-state index in [1.54, 1.807) is 0 Å². The van der Waals surface area contributed by atoms with E-state index < -0.39 is 0 Å². The van der Waals surface area contributed by atoms with E-state index in [0.717, 1.165) is 37.8 Å². The number of hydrogen-bond donors (Lipinski definition) is 0. The maximum absolute atomic E-state index is 11.8. The van der Waals surface area contributed by atoms with Crippen LogP contribution in [0.1, 0.15) is 12.8 Å². The Kier molecular flexibility index (Phi) is 1.84. The molecule has 1 saturated carbocycles. The molecule has 14 heavy (non-hydrogen) atoms. The average Bonchev–Trinajstić information content (AvgIpc) is 2.82. The lowest BCUT2D eigenvalue weighted by Gasteiger charge is -2.19. The highest BCUT2D eigenvalue weighted by Crippen LogP contribution is 2.36. The summed E-state index contributed by atoms with van der Waals surface area (Å²) in [7, 11) is 2.19. The summed E-state index contributed by atoms with van der Waals surface area (Å²) in [6, 6.07) is 0. The molecule has 2 atom stereocenters. The van der Waals surface area contributed by atoms with Gasteiger partial charge in [-0.3, -0.25) is 4.79 Å². The fourth-order valence-corrected chi connectivity index (χ4v) is 3.00. The molecule has 1 aliphatic carbocycles. The highest BCUT2D eigenvalue weighted by Gasteiger charge is 2.43. The summed E-state index contributed by atoms with van der Waals surface area (Å²) in [5.41, 5.74) is 0. The molecule has 0 aromatic rings. The fraction of sp³-hybridized carbons (Fsp3) is 0.909. The van der Waals surface area contributed by atoms with Crippen LogP contribution in [-0.2, 0) is 4.79 Å². The second-order valence-corrected chi connectivity index (χ2v) is 5.26. The molecule has 1 amide bonds. The molecule has 3 fully saturated rings. The second-order valence-electron chi connectivity index (χ2n) is 5.26. The number of fused-ring (bicyclic) bond motifs is 1. The largest absolute Gasteiger partial charge is 0.342 e. The standard InChI is InChI=1S/C11H18N2O/c1-12-4-9-6-13(7-10(9)5-12)11(14)8-2-3-8/h8-10H,2-7H2,1H3/t9-,10-/m0/s1. The zero-order chi connectivity index (χ0) is 9.71. The third-order valence-electron chi connectivity index (χ3n) is 3.91. The SMILES string of the molecule is CN1C[C@H]2CN(C(=O)C3CC3)C[C@@H]2C1. The first-order valence-electron chi connectivity index (χ1n) is 5.71. The number of hydrogen-bond acceptors (Lipinski definition) is 2. The summed E-state index contributed by atoms with van der Waals surface area (Å²) in [6.07, 6.45) is 2.29. The van der Waals surface area contributed by atoms with Crippen molar-refractivity contribution in [1.29, 1.82) is 0 Å². The molecule has 2 aliphatic heterocycles. The number of nitrogens with zero attached hydrogens (tertiary/aromatic N) is 2. The first-order chi connectivity index (χ1) is 6.74. The third-order valence-corrected chi connectivity index (χ3v) is 3.91. The maximum Gasteiger partial charge on any atom is 0.225 e. The molecule has 3 aliphatic rings. The van der Waals surface area contributed by atoms with Crippen LogP contribution in [0.4, 0.5) is 0 Å². The first kappa shape index (κ1) is 8.72. The van der Waals surface area contributed by atoms with Crippen molar-refractivity contribution in [3.8, 4) is 0 Å². The number of likely N-dealkylation sites (tertiary alicyclic amines) is 2. The molecule has 0 bridgehead atoms. The van der Waals surface area contributed by atoms with Crippen molar-refractivity contribution in [2.75, 3.05) is 33.2 Å². The van der Waals surface area contributed by atoms with Gasteiger partial charge in [-0.25, -0.2) is 0 Å². The number of amides is 1. The van der Waals surface area contributed by atoms with E-state index in [9.17, 15) is 4.79 Å². The molecular weight excluding hydrogens is 176 g/mol. The van der Waals surface area contributed by atoms with Crippen molar-refractivity contribution >= 4 is 5.91 Å². The van der Waals surface area contributed by atoms with Gasteiger partial charge in [-0.05, 0) is 31.7 Å². The lowest BCUT2D eigenvalue weighted by molar-refractivity contribution is -0.131. The Labute approximate surface area is 85.1 Å². The summed E-state index contributed by atoms with van der Waals surface area (Å²) < 4.78 is 0. The summed E-state index contributed by atoms with van der Waals surface area (Å²) in [4.78, 5) is 16.4. The molecular formula is C11H18N2O. The Bertz CT molecular complexity index is 248. The average molecular weight is 194 g/mol. The van der Waals surface area contributed by atoms with Crippen LogP contribution in [0.5, 0.6) is 0 Å². The quantitative estimate of drug-likeness (QED) is 0.604. The van der Waals surface area contributed by atoms with Crippen molar-refractivity contribution in [2.45, 2.75) is 12.8 Å².